The van der Waals surface area contributed by atoms with E-state index in [1.807, 2.05) is 12.2 Å². The van der Waals surface area contributed by atoms with Gasteiger partial charge in [0.1, 0.15) is 5.51 Å². The number of carbonyl (C=O) groups is 2. The molecule has 0 unspecified atom stereocenters. The lowest BCUT2D eigenvalue weighted by Gasteiger charge is -2.20. The maximum absolute atomic E-state index is 12.0. The quantitative estimate of drug-likeness (QED) is 0.483. The second-order valence-corrected chi connectivity index (χ2v) is 6.24. The Balaban J connectivity index is 1.86. The van der Waals surface area contributed by atoms with E-state index >= 15 is 0 Å². The molecule has 2 heterocycles. The first-order valence-electron chi connectivity index (χ1n) is 6.27. The van der Waals surface area contributed by atoms with Crippen molar-refractivity contribution < 1.29 is 18.9 Å². The van der Waals surface area contributed by atoms with E-state index in [-0.39, 0.29) is 11.7 Å². The summed E-state index contributed by atoms with van der Waals surface area (Å²) in [6.07, 6.45) is 4.28. The Kier molecular flexibility index (Phi) is 6.21. The Hall–Kier alpha value is -1.39. The zero-order chi connectivity index (χ0) is 15.1. The van der Waals surface area contributed by atoms with E-state index in [9.17, 15) is 9.59 Å². The molecule has 0 saturated carbocycles. The van der Waals surface area contributed by atoms with Gasteiger partial charge in [-0.25, -0.2) is 0 Å². The average Bonchev–Trinajstić information content (AvgIpc) is 2.87. The van der Waals surface area contributed by atoms with Gasteiger partial charge in [-0.2, -0.15) is 0 Å². The van der Waals surface area contributed by atoms with Gasteiger partial charge in [0.2, 0.25) is 5.91 Å². The average molecular weight is 327 g/mol. The van der Waals surface area contributed by atoms with Crippen LogP contribution in [-0.4, -0.2) is 47.5 Å². The molecular formula is C11H14BN3O4S2. The smallest absolute Gasteiger partial charge is 0.508 e. The molecule has 1 aromatic rings. The number of aromatic nitrogens is 2. The van der Waals surface area contributed by atoms with Crippen LogP contribution < -0.4 is 5.32 Å². The van der Waals surface area contributed by atoms with Gasteiger partial charge in [-0.1, -0.05) is 35.3 Å². The van der Waals surface area contributed by atoms with Crippen molar-refractivity contribution in [2.24, 2.45) is 0 Å². The molecule has 1 N–H and O–H groups in total. The van der Waals surface area contributed by atoms with Crippen molar-refractivity contribution in [3.8, 4) is 0 Å². The summed E-state index contributed by atoms with van der Waals surface area (Å²) in [5, 5.41) is 10.4. The van der Waals surface area contributed by atoms with Crippen LogP contribution in [0.2, 0.25) is 0 Å². The van der Waals surface area contributed by atoms with Crippen LogP contribution in [0.5, 0.6) is 0 Å². The molecule has 1 atom stereocenters. The maximum atomic E-state index is 12.0. The zero-order valence-electron chi connectivity index (χ0n) is 11.4. The number of amides is 1. The number of nitrogens with zero attached hydrogens (tertiary/aromatic N) is 2. The summed E-state index contributed by atoms with van der Waals surface area (Å²) in [5.74, 6) is -0.779. The van der Waals surface area contributed by atoms with Gasteiger partial charge in [0.25, 0.3) is 5.97 Å². The van der Waals surface area contributed by atoms with Crippen molar-refractivity contribution in [2.45, 2.75) is 23.6 Å². The summed E-state index contributed by atoms with van der Waals surface area (Å²) in [4.78, 5) is 23.0. The molecule has 1 aromatic heterocycles. The Morgan fingerprint density at radius 3 is 3.19 bits per heavy atom. The molecule has 10 heteroatoms. The standard InChI is InChI=1S/C11H14BN3O4S2/c1-8(16)19-12-9(4-2-3-5-18-12)14-10(17)6-20-11-15-13-7-21-11/h2-3,7,9H,4-6H2,1H3,(H,14,17)/t9-/m0/s1. The van der Waals surface area contributed by atoms with E-state index in [0.29, 0.717) is 13.0 Å². The molecule has 0 saturated heterocycles. The van der Waals surface area contributed by atoms with Gasteiger partial charge < -0.3 is 14.6 Å². The molecule has 0 spiro atoms. The summed E-state index contributed by atoms with van der Waals surface area (Å²) in [6, 6.07) is 0. The molecule has 0 aromatic carbocycles. The van der Waals surface area contributed by atoms with E-state index < -0.39 is 19.0 Å². The van der Waals surface area contributed by atoms with Gasteiger partial charge in [-0.15, -0.1) is 10.2 Å². The highest BCUT2D eigenvalue weighted by molar-refractivity contribution is 8.01. The highest BCUT2D eigenvalue weighted by Gasteiger charge is 2.34. The molecule has 7 nitrogen and oxygen atoms in total. The van der Waals surface area contributed by atoms with Crippen molar-refractivity contribution >= 4 is 42.1 Å². The van der Waals surface area contributed by atoms with Crippen molar-refractivity contribution in [3.05, 3.63) is 17.7 Å². The van der Waals surface area contributed by atoms with Crippen molar-refractivity contribution in [2.75, 3.05) is 12.4 Å². The third-order valence-corrected chi connectivity index (χ3v) is 4.40. The Morgan fingerprint density at radius 1 is 1.62 bits per heavy atom. The fourth-order valence-corrected chi connectivity index (χ4v) is 3.00. The van der Waals surface area contributed by atoms with Crippen molar-refractivity contribution in [3.63, 3.8) is 0 Å². The Labute approximate surface area is 130 Å². The fraction of sp³-hybridized carbons (Fsp3) is 0.455. The van der Waals surface area contributed by atoms with Crippen LogP contribution >= 0.6 is 23.1 Å². The zero-order valence-corrected chi connectivity index (χ0v) is 13.0. The summed E-state index contributed by atoms with van der Waals surface area (Å²) in [7, 11) is -0.770. The number of nitrogens with one attached hydrogen (secondary N) is 1. The normalized spacial score (nSPS) is 18.1. The van der Waals surface area contributed by atoms with E-state index in [4.69, 9.17) is 9.31 Å². The monoisotopic (exact) mass is 327 g/mol. The van der Waals surface area contributed by atoms with Gasteiger partial charge in [-0.3, -0.25) is 9.59 Å². The van der Waals surface area contributed by atoms with E-state index in [2.05, 4.69) is 15.5 Å². The van der Waals surface area contributed by atoms with Crippen LogP contribution in [0.15, 0.2) is 22.0 Å². The van der Waals surface area contributed by atoms with E-state index in [1.165, 1.54) is 30.0 Å². The van der Waals surface area contributed by atoms with Crippen molar-refractivity contribution in [1.82, 2.24) is 15.5 Å². The van der Waals surface area contributed by atoms with Gasteiger partial charge in [0, 0.05) is 6.92 Å². The Bertz CT molecular complexity index is 512. The van der Waals surface area contributed by atoms with Crippen LogP contribution in [0.1, 0.15) is 13.3 Å². The third kappa shape index (κ3) is 5.48. The van der Waals surface area contributed by atoms with Gasteiger partial charge in [-0.05, 0) is 6.42 Å². The fourth-order valence-electron chi connectivity index (χ4n) is 1.70. The molecule has 0 fully saturated rings. The number of carbonyl (C=O) groups excluding carboxylic acids is 2. The summed E-state index contributed by atoms with van der Waals surface area (Å²) < 4.78 is 11.2. The predicted molar refractivity (Wildman–Crippen MR) is 79.8 cm³/mol. The molecule has 112 valence electrons. The number of thioether (sulfide) groups is 1. The van der Waals surface area contributed by atoms with E-state index in [1.54, 1.807) is 5.51 Å². The predicted octanol–water partition coefficient (Wildman–Crippen LogP) is 0.682. The summed E-state index contributed by atoms with van der Waals surface area (Å²) >= 11 is 2.69. The van der Waals surface area contributed by atoms with Crippen molar-refractivity contribution in [1.29, 1.82) is 0 Å². The van der Waals surface area contributed by atoms with Gasteiger partial charge >= 0.3 is 7.12 Å². The molecule has 0 aliphatic carbocycles. The summed E-state index contributed by atoms with van der Waals surface area (Å²) in [5.41, 5.74) is 1.61. The highest BCUT2D eigenvalue weighted by Crippen LogP contribution is 2.18. The lowest BCUT2D eigenvalue weighted by Crippen LogP contribution is -2.49. The molecule has 0 radical (unpaired) electrons. The minimum Gasteiger partial charge on any atom is -0.508 e. The van der Waals surface area contributed by atoms with Crippen LogP contribution in [0.25, 0.3) is 0 Å². The number of hydrogen-bond donors (Lipinski definition) is 1. The third-order valence-electron chi connectivity index (χ3n) is 2.54. The second kappa shape index (κ2) is 8.15. The first-order valence-corrected chi connectivity index (χ1v) is 8.14. The molecule has 0 bridgehead atoms. The van der Waals surface area contributed by atoms with Gasteiger partial charge in [0.05, 0.1) is 18.3 Å². The highest BCUT2D eigenvalue weighted by atomic mass is 32.2. The lowest BCUT2D eigenvalue weighted by atomic mass is 9.76. The van der Waals surface area contributed by atoms with Gasteiger partial charge in [0.15, 0.2) is 4.34 Å². The summed E-state index contributed by atoms with van der Waals surface area (Å²) in [6.45, 7) is 1.66. The molecule has 2 rings (SSSR count). The lowest BCUT2D eigenvalue weighted by molar-refractivity contribution is -0.134. The largest absolute Gasteiger partial charge is 0.551 e. The first-order chi connectivity index (χ1) is 10.1. The van der Waals surface area contributed by atoms with Crippen LogP contribution in [0.3, 0.4) is 0 Å². The number of hydrogen-bond acceptors (Lipinski definition) is 8. The molecule has 1 amide bonds. The second-order valence-electron chi connectivity index (χ2n) is 4.19. The maximum Gasteiger partial charge on any atom is 0.551 e. The molecule has 1 aliphatic rings. The topological polar surface area (TPSA) is 90.4 Å². The van der Waals surface area contributed by atoms with Crippen LogP contribution in [0, 0.1) is 0 Å². The van der Waals surface area contributed by atoms with Crippen LogP contribution in [-0.2, 0) is 18.9 Å². The van der Waals surface area contributed by atoms with Crippen LogP contribution in [0.4, 0.5) is 0 Å². The number of rotatable bonds is 5. The minimum absolute atomic E-state index is 0.170. The molecule has 1 aliphatic heterocycles. The first kappa shape index (κ1) is 16.0. The molecule has 21 heavy (non-hydrogen) atoms. The SMILES string of the molecule is CC(=O)OB1OCC=CC[C@@H]1NC(=O)CSc1nncs1. The van der Waals surface area contributed by atoms with E-state index in [0.717, 1.165) is 4.34 Å². The minimum atomic E-state index is -0.770. The Morgan fingerprint density at radius 2 is 2.48 bits per heavy atom. The molecular weight excluding hydrogens is 313 g/mol.